The average Bonchev–Trinajstić information content (AvgIpc) is 2.46. The van der Waals surface area contributed by atoms with Crippen LogP contribution in [0.3, 0.4) is 0 Å². The van der Waals surface area contributed by atoms with Gasteiger partial charge in [-0.3, -0.25) is 14.4 Å². The van der Waals surface area contributed by atoms with Gasteiger partial charge in [0.25, 0.3) is 5.78 Å². The fourth-order valence-corrected chi connectivity index (χ4v) is 1.82. The summed E-state index contributed by atoms with van der Waals surface area (Å²) in [5, 5.41) is 0.885. The summed E-state index contributed by atoms with van der Waals surface area (Å²) >= 11 is 11.4. The average molecular weight is 307 g/mol. The molecule has 0 unspecified atom stereocenters. The summed E-state index contributed by atoms with van der Waals surface area (Å²) in [5.74, 6) is -2.81. The molecule has 20 heavy (non-hydrogen) atoms. The largest absolute Gasteiger partial charge is 0.285 e. The van der Waals surface area contributed by atoms with Gasteiger partial charge in [0.2, 0.25) is 11.6 Å². The Hall–Kier alpha value is -1.97. The molecule has 0 amide bonds. The third kappa shape index (κ3) is 3.13. The normalized spacial score (nSPS) is 10.1. The van der Waals surface area contributed by atoms with E-state index in [4.69, 9.17) is 23.2 Å². The highest BCUT2D eigenvalue weighted by atomic mass is 35.5. The summed E-state index contributed by atoms with van der Waals surface area (Å²) in [6.07, 6.45) is 0. The first kappa shape index (κ1) is 14.4. The number of Topliss-reactive ketones (excluding diaryl/α,β-unsaturated/α-hetero) is 3. The fourth-order valence-electron chi connectivity index (χ4n) is 1.57. The highest BCUT2D eigenvalue weighted by Gasteiger charge is 2.25. The molecule has 5 heteroatoms. The van der Waals surface area contributed by atoms with Gasteiger partial charge in [-0.05, 0) is 48.5 Å². The second-order valence-corrected chi connectivity index (χ2v) is 4.87. The standard InChI is InChI=1S/C15H8Cl2O3/c16-11-5-1-9(2-6-11)13(18)15(20)14(19)10-3-7-12(17)8-4-10/h1-8H. The van der Waals surface area contributed by atoms with E-state index in [1.54, 1.807) is 0 Å². The van der Waals surface area contributed by atoms with Gasteiger partial charge in [-0.15, -0.1) is 0 Å². The summed E-state index contributed by atoms with van der Waals surface area (Å²) in [6.45, 7) is 0. The van der Waals surface area contributed by atoms with Crippen LogP contribution in [-0.2, 0) is 4.79 Å². The minimum Gasteiger partial charge on any atom is -0.285 e. The van der Waals surface area contributed by atoms with Gasteiger partial charge in [-0.2, -0.15) is 0 Å². The van der Waals surface area contributed by atoms with E-state index in [9.17, 15) is 14.4 Å². The Morgan fingerprint density at radius 1 is 0.600 bits per heavy atom. The molecular weight excluding hydrogens is 299 g/mol. The maximum absolute atomic E-state index is 11.9. The number of benzene rings is 2. The van der Waals surface area contributed by atoms with E-state index in [0.717, 1.165) is 0 Å². The van der Waals surface area contributed by atoms with Crippen molar-refractivity contribution >= 4 is 40.6 Å². The van der Waals surface area contributed by atoms with E-state index in [0.29, 0.717) is 10.0 Å². The Kier molecular flexibility index (Phi) is 4.32. The summed E-state index contributed by atoms with van der Waals surface area (Å²) in [7, 11) is 0. The minimum absolute atomic E-state index is 0.127. The predicted octanol–water partition coefficient (Wildman–Crippen LogP) is 3.63. The number of hydrogen-bond donors (Lipinski definition) is 0. The van der Waals surface area contributed by atoms with Crippen molar-refractivity contribution in [2.75, 3.05) is 0 Å². The lowest BCUT2D eigenvalue weighted by atomic mass is 10.0. The van der Waals surface area contributed by atoms with Gasteiger partial charge < -0.3 is 0 Å². The van der Waals surface area contributed by atoms with Crippen LogP contribution in [-0.4, -0.2) is 17.3 Å². The molecule has 2 aromatic carbocycles. The molecule has 0 saturated carbocycles. The van der Waals surface area contributed by atoms with Crippen LogP contribution in [0.2, 0.25) is 10.0 Å². The van der Waals surface area contributed by atoms with Crippen molar-refractivity contribution in [2.45, 2.75) is 0 Å². The van der Waals surface area contributed by atoms with Crippen LogP contribution in [0.15, 0.2) is 48.5 Å². The summed E-state index contributed by atoms with van der Waals surface area (Å²) < 4.78 is 0. The van der Waals surface area contributed by atoms with Crippen LogP contribution in [0.4, 0.5) is 0 Å². The monoisotopic (exact) mass is 306 g/mol. The van der Waals surface area contributed by atoms with E-state index in [1.165, 1.54) is 48.5 Å². The van der Waals surface area contributed by atoms with Gasteiger partial charge in [0.15, 0.2) is 0 Å². The maximum atomic E-state index is 11.9. The molecule has 0 spiro atoms. The van der Waals surface area contributed by atoms with Gasteiger partial charge in [0.1, 0.15) is 0 Å². The molecule has 0 aliphatic rings. The molecule has 0 bridgehead atoms. The molecule has 3 nitrogen and oxygen atoms in total. The molecule has 2 rings (SSSR count). The van der Waals surface area contributed by atoms with Crippen LogP contribution in [0.5, 0.6) is 0 Å². The first-order valence-electron chi connectivity index (χ1n) is 5.63. The SMILES string of the molecule is O=C(C(=O)c1ccc(Cl)cc1)C(=O)c1ccc(Cl)cc1. The van der Waals surface area contributed by atoms with Gasteiger partial charge in [-0.25, -0.2) is 0 Å². The lowest BCUT2D eigenvalue weighted by Gasteiger charge is -2.01. The van der Waals surface area contributed by atoms with Crippen molar-refractivity contribution in [3.63, 3.8) is 0 Å². The fraction of sp³-hybridized carbons (Fsp3) is 0. The highest BCUT2D eigenvalue weighted by molar-refractivity contribution is 6.69. The molecule has 0 saturated heterocycles. The molecule has 0 radical (unpaired) electrons. The lowest BCUT2D eigenvalue weighted by molar-refractivity contribution is -0.111. The summed E-state index contributed by atoms with van der Waals surface area (Å²) in [6, 6.07) is 11.5. The molecule has 0 aliphatic carbocycles. The van der Waals surface area contributed by atoms with Crippen molar-refractivity contribution in [3.8, 4) is 0 Å². The maximum Gasteiger partial charge on any atom is 0.273 e. The summed E-state index contributed by atoms with van der Waals surface area (Å²) in [5.41, 5.74) is 0.253. The Balaban J connectivity index is 2.22. The van der Waals surface area contributed by atoms with Crippen LogP contribution in [0, 0.1) is 0 Å². The number of rotatable bonds is 4. The number of hydrogen-bond acceptors (Lipinski definition) is 3. The lowest BCUT2D eigenvalue weighted by Crippen LogP contribution is -2.24. The quantitative estimate of drug-likeness (QED) is 0.492. The number of carbonyl (C=O) groups excluding carboxylic acids is 3. The van der Waals surface area contributed by atoms with Crippen LogP contribution >= 0.6 is 23.2 Å². The van der Waals surface area contributed by atoms with Crippen molar-refractivity contribution in [1.29, 1.82) is 0 Å². The molecule has 2 aromatic rings. The Labute approximate surface area is 125 Å². The second kappa shape index (κ2) is 5.99. The number of halogens is 2. The minimum atomic E-state index is -1.09. The Morgan fingerprint density at radius 3 is 1.20 bits per heavy atom. The molecule has 0 atom stereocenters. The van der Waals surface area contributed by atoms with E-state index < -0.39 is 17.3 Å². The second-order valence-electron chi connectivity index (χ2n) is 4.00. The van der Waals surface area contributed by atoms with Crippen molar-refractivity contribution in [3.05, 3.63) is 69.7 Å². The predicted molar refractivity (Wildman–Crippen MR) is 76.6 cm³/mol. The van der Waals surface area contributed by atoms with Gasteiger partial charge in [0.05, 0.1) is 0 Å². The van der Waals surface area contributed by atoms with Crippen LogP contribution in [0.1, 0.15) is 20.7 Å². The van der Waals surface area contributed by atoms with Gasteiger partial charge >= 0.3 is 0 Å². The number of ketones is 3. The first-order valence-corrected chi connectivity index (χ1v) is 6.39. The third-order valence-electron chi connectivity index (χ3n) is 2.63. The molecule has 0 fully saturated rings. The molecule has 0 N–H and O–H groups in total. The smallest absolute Gasteiger partial charge is 0.273 e. The molecule has 100 valence electrons. The topological polar surface area (TPSA) is 51.2 Å². The van der Waals surface area contributed by atoms with E-state index in [2.05, 4.69) is 0 Å². The van der Waals surface area contributed by atoms with Crippen molar-refractivity contribution < 1.29 is 14.4 Å². The zero-order valence-corrected chi connectivity index (χ0v) is 11.6. The molecular formula is C15H8Cl2O3. The first-order chi connectivity index (χ1) is 9.49. The van der Waals surface area contributed by atoms with Crippen LogP contribution < -0.4 is 0 Å². The van der Waals surface area contributed by atoms with Crippen molar-refractivity contribution in [1.82, 2.24) is 0 Å². The van der Waals surface area contributed by atoms with Gasteiger partial charge in [0, 0.05) is 21.2 Å². The number of carbonyl (C=O) groups is 3. The molecule has 0 aromatic heterocycles. The Morgan fingerprint density at radius 2 is 0.900 bits per heavy atom. The summed E-state index contributed by atoms with van der Waals surface area (Å²) in [4.78, 5) is 35.6. The molecule has 0 aliphatic heterocycles. The van der Waals surface area contributed by atoms with E-state index in [-0.39, 0.29) is 11.1 Å². The Bertz CT molecular complexity index is 614. The zero-order valence-electron chi connectivity index (χ0n) is 10.1. The zero-order chi connectivity index (χ0) is 14.7. The van der Waals surface area contributed by atoms with E-state index in [1.807, 2.05) is 0 Å². The van der Waals surface area contributed by atoms with Crippen molar-refractivity contribution in [2.24, 2.45) is 0 Å². The highest BCUT2D eigenvalue weighted by Crippen LogP contribution is 2.13. The third-order valence-corrected chi connectivity index (χ3v) is 3.13. The van der Waals surface area contributed by atoms with E-state index >= 15 is 0 Å². The molecule has 0 heterocycles. The van der Waals surface area contributed by atoms with Crippen LogP contribution in [0.25, 0.3) is 0 Å². The van der Waals surface area contributed by atoms with Gasteiger partial charge in [-0.1, -0.05) is 23.2 Å².